The lowest BCUT2D eigenvalue weighted by atomic mass is 10.1. The molecule has 8 heteroatoms. The minimum atomic E-state index is -3.47. The molecule has 0 saturated carbocycles. The van der Waals surface area contributed by atoms with E-state index in [9.17, 15) is 8.42 Å². The lowest BCUT2D eigenvalue weighted by molar-refractivity contribution is 0.343. The standard InChI is InChI=1S/C21H25N3O3S2/c1-15-5-7-19(8-6-15)29(25,26)14-20-22-23-21(24(20)4)28-10-9-27-18-12-16(2)11-17(3)13-18/h5-8,11-13H,9-10,14H2,1-4H3. The molecule has 0 amide bonds. The highest BCUT2D eigenvalue weighted by molar-refractivity contribution is 7.99. The van der Waals surface area contributed by atoms with Crippen molar-refractivity contribution in [3.8, 4) is 5.75 Å². The summed E-state index contributed by atoms with van der Waals surface area (Å²) in [5.74, 6) is 1.78. The Morgan fingerprint density at radius 2 is 1.62 bits per heavy atom. The van der Waals surface area contributed by atoms with Crippen molar-refractivity contribution in [3.63, 3.8) is 0 Å². The molecule has 154 valence electrons. The maximum absolute atomic E-state index is 12.6. The Balaban J connectivity index is 1.58. The van der Waals surface area contributed by atoms with Crippen LogP contribution >= 0.6 is 11.8 Å². The van der Waals surface area contributed by atoms with Crippen LogP contribution in [-0.2, 0) is 22.6 Å². The third-order valence-corrected chi connectivity index (χ3v) is 7.02. The predicted octanol–water partition coefficient (Wildman–Crippen LogP) is 3.89. The van der Waals surface area contributed by atoms with Gasteiger partial charge in [0.15, 0.2) is 15.0 Å². The van der Waals surface area contributed by atoms with Gasteiger partial charge in [0.25, 0.3) is 0 Å². The van der Waals surface area contributed by atoms with E-state index in [0.29, 0.717) is 28.2 Å². The summed E-state index contributed by atoms with van der Waals surface area (Å²) in [6, 6.07) is 13.0. The molecule has 0 spiro atoms. The van der Waals surface area contributed by atoms with Crippen LogP contribution in [0.25, 0.3) is 0 Å². The van der Waals surface area contributed by atoms with Crippen LogP contribution in [0.2, 0.25) is 0 Å². The Hall–Kier alpha value is -2.32. The topological polar surface area (TPSA) is 74.1 Å². The molecule has 0 aliphatic rings. The number of benzene rings is 2. The van der Waals surface area contributed by atoms with Crippen LogP contribution in [0.4, 0.5) is 0 Å². The summed E-state index contributed by atoms with van der Waals surface area (Å²) in [5, 5.41) is 8.88. The van der Waals surface area contributed by atoms with Crippen molar-refractivity contribution < 1.29 is 13.2 Å². The molecule has 2 aromatic carbocycles. The molecule has 0 unspecified atom stereocenters. The maximum atomic E-state index is 12.6. The van der Waals surface area contributed by atoms with Gasteiger partial charge in [0.2, 0.25) is 0 Å². The molecule has 0 aliphatic heterocycles. The van der Waals surface area contributed by atoms with E-state index >= 15 is 0 Å². The molecule has 0 N–H and O–H groups in total. The van der Waals surface area contributed by atoms with Gasteiger partial charge in [0.05, 0.1) is 11.5 Å². The average molecular weight is 432 g/mol. The van der Waals surface area contributed by atoms with Gasteiger partial charge in [-0.15, -0.1) is 10.2 Å². The lowest BCUT2D eigenvalue weighted by Crippen LogP contribution is -2.10. The van der Waals surface area contributed by atoms with Gasteiger partial charge in [-0.2, -0.15) is 0 Å². The summed E-state index contributed by atoms with van der Waals surface area (Å²) < 4.78 is 32.8. The van der Waals surface area contributed by atoms with E-state index in [0.717, 1.165) is 11.3 Å². The Morgan fingerprint density at radius 1 is 0.966 bits per heavy atom. The fraction of sp³-hybridized carbons (Fsp3) is 0.333. The number of rotatable bonds is 8. The van der Waals surface area contributed by atoms with Crippen molar-refractivity contribution in [2.75, 3.05) is 12.4 Å². The highest BCUT2D eigenvalue weighted by Gasteiger charge is 2.20. The second-order valence-electron chi connectivity index (χ2n) is 7.05. The summed E-state index contributed by atoms with van der Waals surface area (Å²) in [4.78, 5) is 0.294. The number of aromatic nitrogens is 3. The zero-order chi connectivity index (χ0) is 21.0. The lowest BCUT2D eigenvalue weighted by Gasteiger charge is -2.08. The number of hydrogen-bond donors (Lipinski definition) is 0. The quantitative estimate of drug-likeness (QED) is 0.398. The van der Waals surface area contributed by atoms with E-state index in [2.05, 4.69) is 16.3 Å². The van der Waals surface area contributed by atoms with E-state index in [1.807, 2.05) is 32.9 Å². The van der Waals surface area contributed by atoms with Gasteiger partial charge in [-0.3, -0.25) is 0 Å². The Morgan fingerprint density at radius 3 is 2.28 bits per heavy atom. The molecular formula is C21H25N3O3S2. The highest BCUT2D eigenvalue weighted by atomic mass is 32.2. The number of aryl methyl sites for hydroxylation is 3. The molecule has 0 fully saturated rings. The summed E-state index contributed by atoms with van der Waals surface area (Å²) in [5.41, 5.74) is 3.35. The number of sulfone groups is 1. The molecule has 6 nitrogen and oxygen atoms in total. The zero-order valence-corrected chi connectivity index (χ0v) is 18.7. The molecule has 0 atom stereocenters. The van der Waals surface area contributed by atoms with Crippen LogP contribution in [0.1, 0.15) is 22.5 Å². The van der Waals surface area contributed by atoms with Crippen LogP contribution in [0.5, 0.6) is 5.75 Å². The van der Waals surface area contributed by atoms with Gasteiger partial charge in [0, 0.05) is 12.8 Å². The fourth-order valence-electron chi connectivity index (χ4n) is 2.90. The summed E-state index contributed by atoms with van der Waals surface area (Å²) in [7, 11) is -1.68. The Bertz CT molecular complexity index is 1070. The molecule has 3 aromatic rings. The second kappa shape index (κ2) is 9.00. The normalized spacial score (nSPS) is 11.6. The first-order valence-electron chi connectivity index (χ1n) is 9.26. The molecule has 0 aliphatic carbocycles. The van der Waals surface area contributed by atoms with Crippen LogP contribution in [0.15, 0.2) is 52.5 Å². The highest BCUT2D eigenvalue weighted by Crippen LogP contribution is 2.21. The zero-order valence-electron chi connectivity index (χ0n) is 17.0. The van der Waals surface area contributed by atoms with E-state index in [1.165, 1.54) is 22.9 Å². The van der Waals surface area contributed by atoms with Crippen molar-refractivity contribution in [2.24, 2.45) is 7.05 Å². The first-order valence-corrected chi connectivity index (χ1v) is 11.9. The first-order chi connectivity index (χ1) is 13.7. The van der Waals surface area contributed by atoms with Crippen LogP contribution in [-0.4, -0.2) is 35.5 Å². The van der Waals surface area contributed by atoms with E-state index in [-0.39, 0.29) is 5.75 Å². The van der Waals surface area contributed by atoms with Crippen molar-refractivity contribution in [2.45, 2.75) is 36.6 Å². The smallest absolute Gasteiger partial charge is 0.191 e. The minimum Gasteiger partial charge on any atom is -0.493 e. The van der Waals surface area contributed by atoms with Gasteiger partial charge in [-0.25, -0.2) is 8.42 Å². The van der Waals surface area contributed by atoms with Crippen molar-refractivity contribution in [1.29, 1.82) is 0 Å². The fourth-order valence-corrected chi connectivity index (χ4v) is 4.96. The largest absolute Gasteiger partial charge is 0.493 e. The number of nitrogens with zero attached hydrogens (tertiary/aromatic N) is 3. The third-order valence-electron chi connectivity index (χ3n) is 4.40. The molecule has 0 saturated heterocycles. The first kappa shape index (κ1) is 21.4. The summed E-state index contributed by atoms with van der Waals surface area (Å²) in [6.45, 7) is 6.53. The van der Waals surface area contributed by atoms with Crippen LogP contribution < -0.4 is 4.74 Å². The average Bonchev–Trinajstić information content (AvgIpc) is 2.98. The second-order valence-corrected chi connectivity index (χ2v) is 10.1. The third kappa shape index (κ3) is 5.61. The van der Waals surface area contributed by atoms with Crippen molar-refractivity contribution in [1.82, 2.24) is 14.8 Å². The molecule has 0 bridgehead atoms. The predicted molar refractivity (Wildman–Crippen MR) is 115 cm³/mol. The number of hydrogen-bond acceptors (Lipinski definition) is 6. The van der Waals surface area contributed by atoms with E-state index in [1.54, 1.807) is 35.9 Å². The van der Waals surface area contributed by atoms with Gasteiger partial charge < -0.3 is 9.30 Å². The van der Waals surface area contributed by atoms with Crippen LogP contribution in [0.3, 0.4) is 0 Å². The maximum Gasteiger partial charge on any atom is 0.191 e. The number of thioether (sulfide) groups is 1. The summed E-state index contributed by atoms with van der Waals surface area (Å²) in [6.07, 6.45) is 0. The minimum absolute atomic E-state index is 0.181. The molecular weight excluding hydrogens is 406 g/mol. The van der Waals surface area contributed by atoms with Gasteiger partial charge >= 0.3 is 0 Å². The summed E-state index contributed by atoms with van der Waals surface area (Å²) >= 11 is 1.49. The Labute approximate surface area is 176 Å². The van der Waals surface area contributed by atoms with Gasteiger partial charge in [-0.1, -0.05) is 35.5 Å². The molecule has 29 heavy (non-hydrogen) atoms. The molecule has 0 radical (unpaired) electrons. The SMILES string of the molecule is Cc1ccc(S(=O)(=O)Cc2nnc(SCCOc3cc(C)cc(C)c3)n2C)cc1. The Kier molecular flexibility index (Phi) is 6.64. The van der Waals surface area contributed by atoms with Crippen LogP contribution in [0, 0.1) is 20.8 Å². The van der Waals surface area contributed by atoms with E-state index in [4.69, 9.17) is 4.74 Å². The molecule has 1 aromatic heterocycles. The monoisotopic (exact) mass is 431 g/mol. The van der Waals surface area contributed by atoms with E-state index < -0.39 is 9.84 Å². The molecule has 1 heterocycles. The van der Waals surface area contributed by atoms with Gasteiger partial charge in [-0.05, 0) is 56.2 Å². The van der Waals surface area contributed by atoms with Crippen molar-refractivity contribution >= 4 is 21.6 Å². The van der Waals surface area contributed by atoms with Gasteiger partial charge in [0.1, 0.15) is 17.3 Å². The van der Waals surface area contributed by atoms with Crippen molar-refractivity contribution in [3.05, 3.63) is 65.0 Å². The number of ether oxygens (including phenoxy) is 1. The molecule has 3 rings (SSSR count).